The minimum absolute atomic E-state index is 0.0247. The Morgan fingerprint density at radius 3 is 2.82 bits per heavy atom. The molecule has 144 valence electrons. The van der Waals surface area contributed by atoms with E-state index in [0.717, 1.165) is 35.9 Å². The molecule has 2 aliphatic rings. The molecule has 0 radical (unpaired) electrons. The number of para-hydroxylation sites is 1. The second-order valence-electron chi connectivity index (χ2n) is 7.50. The van der Waals surface area contributed by atoms with Crippen molar-refractivity contribution in [1.29, 1.82) is 0 Å². The number of ether oxygens (including phenoxy) is 2. The maximum atomic E-state index is 13.1. The number of aromatic amines is 1. The van der Waals surface area contributed by atoms with Crippen LogP contribution in [0.25, 0.3) is 10.9 Å². The molecule has 0 saturated carbocycles. The Morgan fingerprint density at radius 2 is 2.00 bits per heavy atom. The summed E-state index contributed by atoms with van der Waals surface area (Å²) >= 11 is 0. The zero-order chi connectivity index (χ0) is 19.1. The van der Waals surface area contributed by atoms with Crippen LogP contribution < -0.4 is 4.74 Å². The Labute approximate surface area is 163 Å². The van der Waals surface area contributed by atoms with Crippen molar-refractivity contribution in [3.63, 3.8) is 0 Å². The molecule has 1 spiro atoms. The third-order valence-electron chi connectivity index (χ3n) is 6.07. The van der Waals surface area contributed by atoms with Crippen LogP contribution in [0, 0.1) is 0 Å². The average molecular weight is 377 g/mol. The first kappa shape index (κ1) is 17.3. The number of nitrogens with zero attached hydrogens (tertiary/aromatic N) is 2. The molecule has 3 aromatic rings. The normalized spacial score (nSPS) is 18.2. The van der Waals surface area contributed by atoms with Crippen LogP contribution in [0.15, 0.2) is 42.5 Å². The Hall–Kier alpha value is -2.86. The van der Waals surface area contributed by atoms with E-state index in [1.54, 1.807) is 7.11 Å². The van der Waals surface area contributed by atoms with Gasteiger partial charge >= 0.3 is 0 Å². The van der Waals surface area contributed by atoms with Crippen LogP contribution in [0.4, 0.5) is 0 Å². The van der Waals surface area contributed by atoms with Gasteiger partial charge in [-0.2, -0.15) is 5.10 Å². The van der Waals surface area contributed by atoms with Crippen molar-refractivity contribution in [3.05, 3.63) is 59.3 Å². The number of likely N-dealkylation sites (tertiary alicyclic amines) is 1. The lowest BCUT2D eigenvalue weighted by Crippen LogP contribution is -2.48. The van der Waals surface area contributed by atoms with Gasteiger partial charge in [-0.15, -0.1) is 0 Å². The molecule has 5 rings (SSSR count). The fraction of sp³-hybridized carbons (Fsp3) is 0.364. The molecule has 3 heterocycles. The van der Waals surface area contributed by atoms with Crippen LogP contribution in [-0.2, 0) is 16.8 Å². The number of hydrogen-bond donors (Lipinski definition) is 1. The van der Waals surface area contributed by atoms with Gasteiger partial charge in [0.2, 0.25) is 0 Å². The minimum atomic E-state index is -0.370. The Kier molecular flexibility index (Phi) is 4.09. The quantitative estimate of drug-likeness (QED) is 0.744. The maximum Gasteiger partial charge on any atom is 0.274 e. The third-order valence-corrected chi connectivity index (χ3v) is 6.07. The van der Waals surface area contributed by atoms with E-state index in [0.29, 0.717) is 25.4 Å². The molecule has 1 amide bonds. The fourth-order valence-corrected chi connectivity index (χ4v) is 4.64. The molecule has 0 atom stereocenters. The third kappa shape index (κ3) is 2.59. The zero-order valence-electron chi connectivity index (χ0n) is 15.9. The fourth-order valence-electron chi connectivity index (χ4n) is 4.64. The lowest BCUT2D eigenvalue weighted by atomic mass is 9.78. The number of hydrogen-bond acceptors (Lipinski definition) is 4. The highest BCUT2D eigenvalue weighted by molar-refractivity contribution is 6.04. The number of nitrogens with one attached hydrogen (secondary N) is 1. The summed E-state index contributed by atoms with van der Waals surface area (Å²) in [7, 11) is 1.71. The van der Waals surface area contributed by atoms with Crippen molar-refractivity contribution in [2.24, 2.45) is 0 Å². The molecule has 1 aromatic heterocycles. The number of carbonyl (C=O) groups excluding carboxylic acids is 1. The highest BCUT2D eigenvalue weighted by atomic mass is 16.5. The lowest BCUT2D eigenvalue weighted by molar-refractivity contribution is -0.0947. The first-order valence-electron chi connectivity index (χ1n) is 9.74. The second-order valence-corrected chi connectivity index (χ2v) is 7.50. The number of methoxy groups -OCH3 is 1. The number of amides is 1. The van der Waals surface area contributed by atoms with Gasteiger partial charge < -0.3 is 14.4 Å². The number of rotatable bonds is 2. The van der Waals surface area contributed by atoms with E-state index >= 15 is 0 Å². The molecule has 6 heteroatoms. The summed E-state index contributed by atoms with van der Waals surface area (Å²) in [6, 6.07) is 13.9. The van der Waals surface area contributed by atoms with Gasteiger partial charge in [-0.3, -0.25) is 9.89 Å². The Bertz CT molecular complexity index is 1020. The summed E-state index contributed by atoms with van der Waals surface area (Å²) in [5.74, 6) is 0.860. The van der Waals surface area contributed by atoms with Crippen LogP contribution >= 0.6 is 0 Å². The summed E-state index contributed by atoms with van der Waals surface area (Å²) in [4.78, 5) is 15.0. The van der Waals surface area contributed by atoms with Gasteiger partial charge in [-0.1, -0.05) is 30.3 Å². The van der Waals surface area contributed by atoms with Gasteiger partial charge in [0.15, 0.2) is 5.69 Å². The van der Waals surface area contributed by atoms with Gasteiger partial charge in [0.25, 0.3) is 5.91 Å². The molecule has 0 bridgehead atoms. The minimum Gasteiger partial charge on any atom is -0.496 e. The first-order chi connectivity index (χ1) is 13.7. The van der Waals surface area contributed by atoms with Crippen LogP contribution in [0.2, 0.25) is 0 Å². The summed E-state index contributed by atoms with van der Waals surface area (Å²) in [6.07, 6.45) is 2.42. The van der Waals surface area contributed by atoms with Crippen LogP contribution in [-0.4, -0.2) is 47.8 Å². The largest absolute Gasteiger partial charge is 0.496 e. The van der Waals surface area contributed by atoms with E-state index in [2.05, 4.69) is 16.3 Å². The average Bonchev–Trinajstić information content (AvgIpc) is 3.18. The summed E-state index contributed by atoms with van der Waals surface area (Å²) in [6.45, 7) is 1.98. The van der Waals surface area contributed by atoms with Gasteiger partial charge in [-0.25, -0.2) is 0 Å². The molecule has 1 N–H and O–H groups in total. The van der Waals surface area contributed by atoms with Crippen molar-refractivity contribution in [3.8, 4) is 5.75 Å². The van der Waals surface area contributed by atoms with Gasteiger partial charge in [0.05, 0.1) is 19.2 Å². The molecule has 0 unspecified atom stereocenters. The van der Waals surface area contributed by atoms with E-state index in [-0.39, 0.29) is 11.5 Å². The molecular formula is C22H23N3O3. The molecular weight excluding hydrogens is 354 g/mol. The number of aromatic nitrogens is 2. The zero-order valence-corrected chi connectivity index (χ0v) is 15.9. The highest BCUT2D eigenvalue weighted by Gasteiger charge is 2.44. The molecule has 0 aliphatic carbocycles. The van der Waals surface area contributed by atoms with Crippen molar-refractivity contribution in [2.75, 3.05) is 26.8 Å². The van der Waals surface area contributed by atoms with Gasteiger partial charge in [0.1, 0.15) is 11.4 Å². The lowest BCUT2D eigenvalue weighted by Gasteiger charge is -2.45. The summed E-state index contributed by atoms with van der Waals surface area (Å²) in [5, 5.41) is 8.09. The first-order valence-corrected chi connectivity index (χ1v) is 9.74. The molecule has 2 aliphatic heterocycles. The van der Waals surface area contributed by atoms with Crippen LogP contribution in [0.3, 0.4) is 0 Å². The van der Waals surface area contributed by atoms with Crippen molar-refractivity contribution in [2.45, 2.75) is 24.9 Å². The maximum absolute atomic E-state index is 13.1. The van der Waals surface area contributed by atoms with E-state index in [1.807, 2.05) is 41.3 Å². The molecule has 2 aromatic carbocycles. The predicted octanol–water partition coefficient (Wildman–Crippen LogP) is 3.28. The number of benzene rings is 2. The molecule has 6 nitrogen and oxygen atoms in total. The van der Waals surface area contributed by atoms with E-state index in [1.165, 1.54) is 11.1 Å². The molecule has 1 saturated heterocycles. The van der Waals surface area contributed by atoms with Gasteiger partial charge in [0, 0.05) is 24.0 Å². The number of H-pyrrole nitrogens is 1. The summed E-state index contributed by atoms with van der Waals surface area (Å²) < 4.78 is 12.0. The number of fused-ring (bicyclic) bond motifs is 3. The topological polar surface area (TPSA) is 67.5 Å². The smallest absolute Gasteiger partial charge is 0.274 e. The van der Waals surface area contributed by atoms with Crippen molar-refractivity contribution >= 4 is 16.8 Å². The number of piperidine rings is 1. The molecule has 28 heavy (non-hydrogen) atoms. The second kappa shape index (κ2) is 6.63. The Morgan fingerprint density at radius 1 is 1.18 bits per heavy atom. The summed E-state index contributed by atoms with van der Waals surface area (Å²) in [5.41, 5.74) is 3.47. The van der Waals surface area contributed by atoms with E-state index < -0.39 is 0 Å². The number of carbonyl (C=O) groups is 1. The van der Waals surface area contributed by atoms with Gasteiger partial charge in [-0.05, 0) is 37.0 Å². The highest BCUT2D eigenvalue weighted by Crippen LogP contribution is 2.45. The van der Waals surface area contributed by atoms with E-state index in [4.69, 9.17) is 9.47 Å². The van der Waals surface area contributed by atoms with Crippen LogP contribution in [0.1, 0.15) is 34.5 Å². The Balaban J connectivity index is 1.41. The van der Waals surface area contributed by atoms with Crippen LogP contribution in [0.5, 0.6) is 5.75 Å². The predicted molar refractivity (Wildman–Crippen MR) is 106 cm³/mol. The van der Waals surface area contributed by atoms with E-state index in [9.17, 15) is 4.79 Å². The van der Waals surface area contributed by atoms with Crippen molar-refractivity contribution in [1.82, 2.24) is 15.1 Å². The monoisotopic (exact) mass is 377 g/mol. The SMILES string of the molecule is COc1cccc2c1C1(CCN(C(=O)c3n[nH]c4ccccc34)CC1)OCC2. The molecule has 1 fully saturated rings. The van der Waals surface area contributed by atoms with Crippen molar-refractivity contribution < 1.29 is 14.3 Å². The standard InChI is InChI=1S/C22H23N3O3/c1-27-18-8-4-5-15-9-14-28-22(19(15)18)10-12-25(13-11-22)21(26)20-16-6-2-3-7-17(16)23-24-20/h2-8H,9-14H2,1H3,(H,23,24).